The zero-order chi connectivity index (χ0) is 19.0. The van der Waals surface area contributed by atoms with E-state index < -0.39 is 0 Å². The number of aromatic amines is 1. The molecule has 0 aliphatic carbocycles. The number of nitrogens with zero attached hydrogens (tertiary/aromatic N) is 1. The molecule has 132 valence electrons. The molecule has 6 heteroatoms. The van der Waals surface area contributed by atoms with Gasteiger partial charge >= 0.3 is 0 Å². The van der Waals surface area contributed by atoms with Gasteiger partial charge in [0.25, 0.3) is 5.56 Å². The van der Waals surface area contributed by atoms with E-state index in [-0.39, 0.29) is 5.56 Å². The van der Waals surface area contributed by atoms with E-state index in [9.17, 15) is 10.1 Å². The third-order valence-corrected chi connectivity index (χ3v) is 5.88. The van der Waals surface area contributed by atoms with Crippen LogP contribution in [0.5, 0.6) is 5.75 Å². The molecule has 0 saturated heterocycles. The Hall–Kier alpha value is -2.88. The Labute approximate surface area is 167 Å². The number of nitriles is 1. The number of nitrogens with one attached hydrogen (secondary N) is 1. The van der Waals surface area contributed by atoms with Crippen LogP contribution in [0.25, 0.3) is 32.5 Å². The summed E-state index contributed by atoms with van der Waals surface area (Å²) >= 11 is 5.03. The van der Waals surface area contributed by atoms with Crippen molar-refractivity contribution in [3.63, 3.8) is 0 Å². The van der Waals surface area contributed by atoms with Gasteiger partial charge in [0.15, 0.2) is 0 Å². The van der Waals surface area contributed by atoms with E-state index in [4.69, 9.17) is 4.74 Å². The molecule has 27 heavy (non-hydrogen) atoms. The number of ether oxygens (including phenoxy) is 1. The van der Waals surface area contributed by atoms with Crippen LogP contribution in [0.4, 0.5) is 0 Å². The number of H-pyrrole nitrogens is 1. The average molecular weight is 437 g/mol. The fraction of sp³-hybridized carbons (Fsp3) is 0.0476. The van der Waals surface area contributed by atoms with Gasteiger partial charge in [-0.1, -0.05) is 24.3 Å². The average Bonchev–Trinajstić information content (AvgIpc) is 3.21. The molecule has 4 aromatic rings. The molecule has 4 rings (SSSR count). The summed E-state index contributed by atoms with van der Waals surface area (Å²) in [6.45, 7) is 0. The minimum Gasteiger partial charge on any atom is -0.495 e. The highest BCUT2D eigenvalue weighted by Crippen LogP contribution is 2.40. The lowest BCUT2D eigenvalue weighted by Crippen LogP contribution is -2.11. The summed E-state index contributed by atoms with van der Waals surface area (Å²) in [5.74, 6) is 0.626. The quantitative estimate of drug-likeness (QED) is 0.456. The molecular weight excluding hydrogens is 424 g/mol. The third kappa shape index (κ3) is 2.95. The van der Waals surface area contributed by atoms with Crippen LogP contribution in [0.2, 0.25) is 0 Å². The van der Waals surface area contributed by atoms with Gasteiger partial charge in [0.2, 0.25) is 0 Å². The van der Waals surface area contributed by atoms with E-state index >= 15 is 0 Å². The number of pyridine rings is 1. The molecule has 0 bridgehead atoms. The molecule has 0 saturated carbocycles. The SMILES string of the molecule is COc1cc2[nH]c(=O)c(-c3cccs3)c(-c3ccccc3C#N)c2cc1Br. The molecule has 2 aromatic heterocycles. The van der Waals surface area contributed by atoms with Crippen LogP contribution in [0, 0.1) is 11.3 Å². The van der Waals surface area contributed by atoms with Gasteiger partial charge in [-0.15, -0.1) is 11.3 Å². The molecule has 0 radical (unpaired) electrons. The number of hydrogen-bond acceptors (Lipinski definition) is 4. The van der Waals surface area contributed by atoms with E-state index in [1.807, 2.05) is 41.8 Å². The summed E-state index contributed by atoms with van der Waals surface area (Å²) in [5, 5.41) is 12.4. The number of halogens is 1. The molecule has 1 N–H and O–H groups in total. The van der Waals surface area contributed by atoms with Crippen molar-refractivity contribution in [1.29, 1.82) is 5.26 Å². The maximum atomic E-state index is 13.0. The van der Waals surface area contributed by atoms with Crippen molar-refractivity contribution in [1.82, 2.24) is 4.98 Å². The minimum atomic E-state index is -0.197. The van der Waals surface area contributed by atoms with Crippen molar-refractivity contribution in [2.45, 2.75) is 0 Å². The predicted octanol–water partition coefficient (Wildman–Crippen LogP) is 5.57. The predicted molar refractivity (Wildman–Crippen MR) is 112 cm³/mol. The van der Waals surface area contributed by atoms with Gasteiger partial charge in [-0.25, -0.2) is 0 Å². The van der Waals surface area contributed by atoms with Gasteiger partial charge in [-0.2, -0.15) is 5.26 Å². The topological polar surface area (TPSA) is 65.9 Å². The maximum Gasteiger partial charge on any atom is 0.257 e. The Bertz CT molecular complexity index is 1250. The molecule has 0 amide bonds. The Kier molecular flexibility index (Phi) is 4.56. The first-order valence-corrected chi connectivity index (χ1v) is 9.78. The van der Waals surface area contributed by atoms with Crippen molar-refractivity contribution < 1.29 is 4.74 Å². The number of rotatable bonds is 3. The van der Waals surface area contributed by atoms with Gasteiger partial charge in [-0.05, 0) is 39.5 Å². The lowest BCUT2D eigenvalue weighted by atomic mass is 9.92. The normalized spacial score (nSPS) is 10.7. The van der Waals surface area contributed by atoms with Crippen molar-refractivity contribution in [2.24, 2.45) is 0 Å². The molecule has 2 aromatic carbocycles. The fourth-order valence-electron chi connectivity index (χ4n) is 3.19. The van der Waals surface area contributed by atoms with Crippen LogP contribution in [0.15, 0.2) is 63.2 Å². The zero-order valence-electron chi connectivity index (χ0n) is 14.2. The molecule has 0 unspecified atom stereocenters. The standard InChI is InChI=1S/C21H13BrN2O2S/c1-26-17-10-16-14(9-15(17)22)19(13-6-3-2-5-12(13)11-23)20(21(25)24-16)18-7-4-8-27-18/h2-10H,1H3,(H,24,25). The molecular formula is C21H13BrN2O2S. The van der Waals surface area contributed by atoms with Crippen LogP contribution in [0.3, 0.4) is 0 Å². The number of methoxy groups -OCH3 is 1. The summed E-state index contributed by atoms with van der Waals surface area (Å²) in [5.41, 5.74) is 3.03. The van der Waals surface area contributed by atoms with Crippen molar-refractivity contribution in [3.8, 4) is 33.4 Å². The van der Waals surface area contributed by atoms with Gasteiger partial charge in [0.1, 0.15) is 5.75 Å². The third-order valence-electron chi connectivity index (χ3n) is 4.37. The molecule has 0 aliphatic rings. The smallest absolute Gasteiger partial charge is 0.257 e. The fourth-order valence-corrected chi connectivity index (χ4v) is 4.47. The number of fused-ring (bicyclic) bond motifs is 1. The largest absolute Gasteiger partial charge is 0.495 e. The van der Waals surface area contributed by atoms with Gasteiger partial charge < -0.3 is 9.72 Å². The van der Waals surface area contributed by atoms with Gasteiger partial charge in [0, 0.05) is 27.5 Å². The van der Waals surface area contributed by atoms with Crippen LogP contribution in [-0.2, 0) is 0 Å². The van der Waals surface area contributed by atoms with Crippen molar-refractivity contribution in [3.05, 3.63) is 74.3 Å². The summed E-state index contributed by atoms with van der Waals surface area (Å²) in [6.07, 6.45) is 0. The molecule has 2 heterocycles. The number of hydrogen-bond donors (Lipinski definition) is 1. The Balaban J connectivity index is 2.22. The van der Waals surface area contributed by atoms with Crippen LogP contribution in [-0.4, -0.2) is 12.1 Å². The van der Waals surface area contributed by atoms with E-state index in [0.29, 0.717) is 22.4 Å². The highest BCUT2D eigenvalue weighted by molar-refractivity contribution is 9.10. The summed E-state index contributed by atoms with van der Waals surface area (Å²) in [6, 6.07) is 17.1. The first-order valence-electron chi connectivity index (χ1n) is 8.11. The van der Waals surface area contributed by atoms with E-state index in [1.165, 1.54) is 11.3 Å². The molecule has 0 spiro atoms. The molecule has 4 nitrogen and oxygen atoms in total. The van der Waals surface area contributed by atoms with Crippen LogP contribution >= 0.6 is 27.3 Å². The van der Waals surface area contributed by atoms with E-state index in [2.05, 4.69) is 27.0 Å². The second kappa shape index (κ2) is 7.03. The van der Waals surface area contributed by atoms with Gasteiger partial charge in [0.05, 0.1) is 34.3 Å². The second-order valence-corrected chi connectivity index (χ2v) is 7.67. The van der Waals surface area contributed by atoms with Crippen molar-refractivity contribution in [2.75, 3.05) is 7.11 Å². The first kappa shape index (κ1) is 17.5. The number of aromatic nitrogens is 1. The first-order chi connectivity index (χ1) is 13.1. The van der Waals surface area contributed by atoms with Crippen LogP contribution in [0.1, 0.15) is 5.56 Å². The summed E-state index contributed by atoms with van der Waals surface area (Å²) in [4.78, 5) is 16.8. The lowest BCUT2D eigenvalue weighted by Gasteiger charge is -2.15. The maximum absolute atomic E-state index is 13.0. The Morgan fingerprint density at radius 3 is 2.67 bits per heavy atom. The number of thiophene rings is 1. The van der Waals surface area contributed by atoms with E-state index in [1.54, 1.807) is 19.2 Å². The summed E-state index contributed by atoms with van der Waals surface area (Å²) in [7, 11) is 1.58. The number of benzene rings is 2. The highest BCUT2D eigenvalue weighted by Gasteiger charge is 2.20. The molecule has 0 aliphatic heterocycles. The minimum absolute atomic E-state index is 0.197. The Morgan fingerprint density at radius 2 is 1.96 bits per heavy atom. The summed E-state index contributed by atoms with van der Waals surface area (Å²) < 4.78 is 6.14. The van der Waals surface area contributed by atoms with Crippen LogP contribution < -0.4 is 10.3 Å². The highest BCUT2D eigenvalue weighted by atomic mass is 79.9. The second-order valence-electron chi connectivity index (χ2n) is 5.87. The van der Waals surface area contributed by atoms with Crippen molar-refractivity contribution >= 4 is 38.2 Å². The Morgan fingerprint density at radius 1 is 1.15 bits per heavy atom. The monoisotopic (exact) mass is 436 g/mol. The molecule has 0 fully saturated rings. The lowest BCUT2D eigenvalue weighted by molar-refractivity contribution is 0.412. The molecule has 0 atom stereocenters. The van der Waals surface area contributed by atoms with Gasteiger partial charge in [-0.3, -0.25) is 4.79 Å². The van der Waals surface area contributed by atoms with E-state index in [0.717, 1.165) is 25.9 Å². The zero-order valence-corrected chi connectivity index (χ0v) is 16.6.